The minimum absolute atomic E-state index is 0.769. The van der Waals surface area contributed by atoms with Crippen LogP contribution in [0.2, 0.25) is 0 Å². The minimum atomic E-state index is 0.769. The van der Waals surface area contributed by atoms with Crippen LogP contribution in [0.4, 0.5) is 0 Å². The van der Waals surface area contributed by atoms with E-state index < -0.39 is 0 Å². The standard InChI is InChI=1S/C5H10N/c1-4-3-5(4)6-2/h5-6H,3H2,1-2H3. The molecule has 0 aromatic heterocycles. The lowest BCUT2D eigenvalue weighted by molar-refractivity contribution is 0.816. The molecule has 6 heavy (non-hydrogen) atoms. The molecule has 0 aliphatic heterocycles. The third kappa shape index (κ3) is 0.548. The van der Waals surface area contributed by atoms with Gasteiger partial charge in [-0.25, -0.2) is 0 Å². The minimum Gasteiger partial charge on any atom is -0.316 e. The zero-order valence-corrected chi connectivity index (χ0v) is 4.28. The lowest BCUT2D eigenvalue weighted by Gasteiger charge is -1.84. The van der Waals surface area contributed by atoms with Gasteiger partial charge in [-0.2, -0.15) is 0 Å². The van der Waals surface area contributed by atoms with Crippen LogP contribution in [-0.2, 0) is 0 Å². The van der Waals surface area contributed by atoms with Crippen LogP contribution in [0.3, 0.4) is 0 Å². The van der Waals surface area contributed by atoms with Gasteiger partial charge in [0.25, 0.3) is 0 Å². The summed E-state index contributed by atoms with van der Waals surface area (Å²) in [5.74, 6) is 1.59. The van der Waals surface area contributed by atoms with E-state index in [1.165, 1.54) is 6.42 Å². The van der Waals surface area contributed by atoms with Crippen LogP contribution in [-0.4, -0.2) is 13.1 Å². The highest BCUT2D eigenvalue weighted by molar-refractivity contribution is 5.15. The van der Waals surface area contributed by atoms with Gasteiger partial charge < -0.3 is 5.32 Å². The van der Waals surface area contributed by atoms with Crippen molar-refractivity contribution in [3.63, 3.8) is 0 Å². The van der Waals surface area contributed by atoms with Gasteiger partial charge in [0.1, 0.15) is 0 Å². The second kappa shape index (κ2) is 1.23. The molecule has 0 bridgehead atoms. The fourth-order valence-electron chi connectivity index (χ4n) is 0.612. The Balaban J connectivity index is 2.09. The molecule has 1 aliphatic carbocycles. The molecule has 0 amide bonds. The zero-order chi connectivity index (χ0) is 4.57. The third-order valence-corrected chi connectivity index (χ3v) is 1.31. The highest BCUT2D eigenvalue weighted by Gasteiger charge is 2.30. The molecule has 1 fully saturated rings. The summed E-state index contributed by atoms with van der Waals surface area (Å²) in [6, 6.07) is 0.769. The van der Waals surface area contributed by atoms with Crippen molar-refractivity contribution < 1.29 is 0 Å². The molecule has 0 spiro atoms. The summed E-state index contributed by atoms with van der Waals surface area (Å²) in [5, 5.41) is 3.15. The van der Waals surface area contributed by atoms with Crippen molar-refractivity contribution in [2.75, 3.05) is 7.05 Å². The van der Waals surface area contributed by atoms with E-state index in [-0.39, 0.29) is 0 Å². The molecular formula is C5H10N. The molecule has 1 rings (SSSR count). The van der Waals surface area contributed by atoms with Crippen molar-refractivity contribution in [3.05, 3.63) is 5.92 Å². The van der Waals surface area contributed by atoms with E-state index in [0.29, 0.717) is 0 Å². The first kappa shape index (κ1) is 4.13. The fourth-order valence-corrected chi connectivity index (χ4v) is 0.612. The summed E-state index contributed by atoms with van der Waals surface area (Å²) in [5.41, 5.74) is 0. The smallest absolute Gasteiger partial charge is 0.0130 e. The molecule has 1 heteroatoms. The predicted molar refractivity (Wildman–Crippen MR) is 26.4 cm³/mol. The molecule has 0 aromatic carbocycles. The molecule has 1 N–H and O–H groups in total. The van der Waals surface area contributed by atoms with Gasteiger partial charge >= 0.3 is 0 Å². The molecule has 1 saturated carbocycles. The molecule has 1 aliphatic rings. The van der Waals surface area contributed by atoms with Crippen molar-refractivity contribution in [1.29, 1.82) is 0 Å². The van der Waals surface area contributed by atoms with Gasteiger partial charge in [-0.15, -0.1) is 0 Å². The van der Waals surface area contributed by atoms with Gasteiger partial charge in [-0.1, -0.05) is 6.92 Å². The molecule has 1 nitrogen and oxygen atoms in total. The fraction of sp³-hybridized carbons (Fsp3) is 0.800. The molecular weight excluding hydrogens is 74.1 g/mol. The summed E-state index contributed by atoms with van der Waals surface area (Å²) in [7, 11) is 2.00. The Labute approximate surface area is 38.7 Å². The summed E-state index contributed by atoms with van der Waals surface area (Å²) in [6.07, 6.45) is 1.30. The van der Waals surface area contributed by atoms with Gasteiger partial charge in [0, 0.05) is 6.04 Å². The molecule has 1 unspecified atom stereocenters. The number of hydrogen-bond donors (Lipinski definition) is 1. The number of hydrogen-bond acceptors (Lipinski definition) is 1. The predicted octanol–water partition coefficient (Wildman–Crippen LogP) is 0.572. The normalized spacial score (nSPS) is 34.0. The van der Waals surface area contributed by atoms with Gasteiger partial charge in [-0.3, -0.25) is 0 Å². The summed E-state index contributed by atoms with van der Waals surface area (Å²) < 4.78 is 0. The van der Waals surface area contributed by atoms with Gasteiger partial charge in [0.15, 0.2) is 0 Å². The summed E-state index contributed by atoms with van der Waals surface area (Å²) in [6.45, 7) is 2.18. The topological polar surface area (TPSA) is 12.0 Å². The van der Waals surface area contributed by atoms with Crippen LogP contribution in [0.1, 0.15) is 13.3 Å². The van der Waals surface area contributed by atoms with E-state index >= 15 is 0 Å². The average molecular weight is 84.1 g/mol. The van der Waals surface area contributed by atoms with E-state index in [4.69, 9.17) is 0 Å². The van der Waals surface area contributed by atoms with E-state index in [2.05, 4.69) is 12.2 Å². The highest BCUT2D eigenvalue weighted by atomic mass is 14.9. The Kier molecular flexibility index (Phi) is 0.845. The Morgan fingerprint density at radius 3 is 2.33 bits per heavy atom. The first-order valence-corrected chi connectivity index (χ1v) is 2.34. The maximum absolute atomic E-state index is 3.15. The molecule has 1 radical (unpaired) electrons. The summed E-state index contributed by atoms with van der Waals surface area (Å²) >= 11 is 0. The quantitative estimate of drug-likeness (QED) is 0.490. The van der Waals surface area contributed by atoms with Crippen LogP contribution in [0.5, 0.6) is 0 Å². The Morgan fingerprint density at radius 1 is 1.83 bits per heavy atom. The van der Waals surface area contributed by atoms with Crippen LogP contribution < -0.4 is 5.32 Å². The first-order chi connectivity index (χ1) is 2.84. The lowest BCUT2D eigenvalue weighted by atomic mass is 10.5. The second-order valence-electron chi connectivity index (χ2n) is 1.89. The van der Waals surface area contributed by atoms with Gasteiger partial charge in [0.2, 0.25) is 0 Å². The van der Waals surface area contributed by atoms with Crippen molar-refractivity contribution in [2.24, 2.45) is 0 Å². The van der Waals surface area contributed by atoms with E-state index in [1.54, 1.807) is 5.92 Å². The summed E-state index contributed by atoms with van der Waals surface area (Å²) in [4.78, 5) is 0. The van der Waals surface area contributed by atoms with E-state index in [9.17, 15) is 0 Å². The van der Waals surface area contributed by atoms with Crippen molar-refractivity contribution in [3.8, 4) is 0 Å². The third-order valence-electron chi connectivity index (χ3n) is 1.31. The molecule has 35 valence electrons. The SMILES string of the molecule is CNC1C[C]1C. The molecule has 1 atom stereocenters. The highest BCUT2D eigenvalue weighted by Crippen LogP contribution is 2.30. The van der Waals surface area contributed by atoms with Gasteiger partial charge in [-0.05, 0) is 19.4 Å². The van der Waals surface area contributed by atoms with Crippen molar-refractivity contribution in [2.45, 2.75) is 19.4 Å². The van der Waals surface area contributed by atoms with Crippen LogP contribution in [0.15, 0.2) is 0 Å². The Hall–Kier alpha value is -0.0400. The van der Waals surface area contributed by atoms with Crippen LogP contribution >= 0.6 is 0 Å². The monoisotopic (exact) mass is 84.1 g/mol. The molecule has 0 aromatic rings. The van der Waals surface area contributed by atoms with Crippen LogP contribution in [0.25, 0.3) is 0 Å². The maximum Gasteiger partial charge on any atom is 0.0130 e. The molecule has 0 saturated heterocycles. The number of rotatable bonds is 1. The zero-order valence-electron chi connectivity index (χ0n) is 4.28. The largest absolute Gasteiger partial charge is 0.316 e. The van der Waals surface area contributed by atoms with E-state index in [1.807, 2.05) is 7.05 Å². The Bertz CT molecular complexity index is 49.9. The van der Waals surface area contributed by atoms with E-state index in [0.717, 1.165) is 6.04 Å². The second-order valence-corrected chi connectivity index (χ2v) is 1.89. The number of nitrogens with one attached hydrogen (secondary N) is 1. The Morgan fingerprint density at radius 2 is 2.33 bits per heavy atom. The van der Waals surface area contributed by atoms with Gasteiger partial charge in [0.05, 0.1) is 0 Å². The molecule has 0 heterocycles. The maximum atomic E-state index is 3.15. The lowest BCUT2D eigenvalue weighted by Crippen LogP contribution is -2.08. The van der Waals surface area contributed by atoms with Crippen molar-refractivity contribution in [1.82, 2.24) is 5.32 Å². The van der Waals surface area contributed by atoms with Crippen LogP contribution in [0, 0.1) is 5.92 Å². The first-order valence-electron chi connectivity index (χ1n) is 2.34. The van der Waals surface area contributed by atoms with Crippen molar-refractivity contribution >= 4 is 0 Å². The average Bonchev–Trinajstić information content (AvgIpc) is 2.19.